The predicted molar refractivity (Wildman–Crippen MR) is 105 cm³/mol. The van der Waals surface area contributed by atoms with Gasteiger partial charge in [0.2, 0.25) is 17.6 Å². The van der Waals surface area contributed by atoms with E-state index in [1.54, 1.807) is 7.11 Å². The summed E-state index contributed by atoms with van der Waals surface area (Å²) in [5, 5.41) is 4.00. The number of piperidine rings is 1. The number of nitrogens with two attached hydrogens (primary N) is 1. The van der Waals surface area contributed by atoms with Crippen LogP contribution in [0.4, 0.5) is 0 Å². The molecule has 0 aliphatic carbocycles. The molecule has 1 aromatic carbocycles. The number of carbonyl (C=O) groups excluding carboxylic acids is 1. The maximum absolute atomic E-state index is 12.6. The number of aromatic nitrogens is 2. The number of nitrogens with zero attached hydrogens (tertiary/aromatic N) is 3. The first-order chi connectivity index (χ1) is 12.6. The van der Waals surface area contributed by atoms with Gasteiger partial charge in [0.15, 0.2) is 0 Å². The monoisotopic (exact) mass is 394 g/mol. The number of halogens is 1. The van der Waals surface area contributed by atoms with Gasteiger partial charge in [0, 0.05) is 37.0 Å². The van der Waals surface area contributed by atoms with E-state index in [2.05, 4.69) is 10.1 Å². The average molecular weight is 395 g/mol. The number of ether oxygens (including phenoxy) is 1. The molecule has 2 atom stereocenters. The second kappa shape index (κ2) is 9.71. The van der Waals surface area contributed by atoms with Crippen molar-refractivity contribution in [3.8, 4) is 17.1 Å². The van der Waals surface area contributed by atoms with Crippen LogP contribution in [0.15, 0.2) is 28.8 Å². The Morgan fingerprint density at radius 1 is 1.37 bits per heavy atom. The van der Waals surface area contributed by atoms with Crippen molar-refractivity contribution in [1.82, 2.24) is 15.0 Å². The second-order valence-electron chi connectivity index (χ2n) is 6.75. The maximum atomic E-state index is 12.6. The molecule has 1 aliphatic rings. The second-order valence-corrected chi connectivity index (χ2v) is 6.75. The molecular formula is C19H27ClN4O3. The minimum Gasteiger partial charge on any atom is -0.497 e. The van der Waals surface area contributed by atoms with E-state index >= 15 is 0 Å². The van der Waals surface area contributed by atoms with Crippen LogP contribution < -0.4 is 10.5 Å². The SMILES string of the molecule is COc1ccc(-c2noc(CCC(=O)N3CCCCC3C(C)N)n2)cc1.Cl. The van der Waals surface area contributed by atoms with Crippen molar-refractivity contribution in [2.45, 2.75) is 51.1 Å². The number of carbonyl (C=O) groups is 1. The summed E-state index contributed by atoms with van der Waals surface area (Å²) in [6, 6.07) is 7.57. The maximum Gasteiger partial charge on any atom is 0.227 e. The van der Waals surface area contributed by atoms with Crippen molar-refractivity contribution in [2.75, 3.05) is 13.7 Å². The fourth-order valence-electron chi connectivity index (χ4n) is 3.38. The molecule has 8 heteroatoms. The molecule has 1 aromatic heterocycles. The highest BCUT2D eigenvalue weighted by Crippen LogP contribution is 2.22. The smallest absolute Gasteiger partial charge is 0.227 e. The summed E-state index contributed by atoms with van der Waals surface area (Å²) in [7, 11) is 1.62. The Bertz CT molecular complexity index is 733. The topological polar surface area (TPSA) is 94.5 Å². The Balaban J connectivity index is 0.00000261. The van der Waals surface area contributed by atoms with Gasteiger partial charge in [0.25, 0.3) is 0 Å². The van der Waals surface area contributed by atoms with Gasteiger partial charge in [0.05, 0.1) is 7.11 Å². The summed E-state index contributed by atoms with van der Waals surface area (Å²) >= 11 is 0. The highest BCUT2D eigenvalue weighted by atomic mass is 35.5. The molecule has 7 nitrogen and oxygen atoms in total. The minimum atomic E-state index is -0.00988. The van der Waals surface area contributed by atoms with E-state index < -0.39 is 0 Å². The highest BCUT2D eigenvalue weighted by Gasteiger charge is 2.29. The van der Waals surface area contributed by atoms with Crippen LogP contribution in [0, 0.1) is 0 Å². The van der Waals surface area contributed by atoms with Gasteiger partial charge < -0.3 is 19.9 Å². The van der Waals surface area contributed by atoms with Crippen LogP contribution in [0.25, 0.3) is 11.4 Å². The van der Waals surface area contributed by atoms with Crippen LogP contribution in [0.3, 0.4) is 0 Å². The summed E-state index contributed by atoms with van der Waals surface area (Å²) in [5.41, 5.74) is 6.89. The lowest BCUT2D eigenvalue weighted by molar-refractivity contribution is -0.135. The van der Waals surface area contributed by atoms with Gasteiger partial charge in [0.1, 0.15) is 5.75 Å². The van der Waals surface area contributed by atoms with Crippen LogP contribution in [-0.4, -0.2) is 46.7 Å². The number of amides is 1. The van der Waals surface area contributed by atoms with Gasteiger partial charge in [-0.05, 0) is 50.5 Å². The van der Waals surface area contributed by atoms with E-state index in [-0.39, 0.29) is 30.4 Å². The third-order valence-corrected chi connectivity index (χ3v) is 4.85. The summed E-state index contributed by atoms with van der Waals surface area (Å²) in [5.74, 6) is 1.87. The lowest BCUT2D eigenvalue weighted by Crippen LogP contribution is -2.51. The van der Waals surface area contributed by atoms with Crippen molar-refractivity contribution in [1.29, 1.82) is 0 Å². The molecule has 148 valence electrons. The number of likely N-dealkylation sites (tertiary alicyclic amines) is 1. The molecule has 1 saturated heterocycles. The van der Waals surface area contributed by atoms with Crippen LogP contribution in [0.1, 0.15) is 38.5 Å². The summed E-state index contributed by atoms with van der Waals surface area (Å²) < 4.78 is 10.4. The fraction of sp³-hybridized carbons (Fsp3) is 0.526. The number of benzene rings is 1. The third-order valence-electron chi connectivity index (χ3n) is 4.85. The Labute approximate surface area is 165 Å². The zero-order valence-electron chi connectivity index (χ0n) is 15.8. The quantitative estimate of drug-likeness (QED) is 0.809. The number of rotatable bonds is 6. The first-order valence-electron chi connectivity index (χ1n) is 9.10. The Hall–Kier alpha value is -2.12. The zero-order valence-corrected chi connectivity index (χ0v) is 16.6. The van der Waals surface area contributed by atoms with Gasteiger partial charge >= 0.3 is 0 Å². The molecule has 2 unspecified atom stereocenters. The Morgan fingerprint density at radius 2 is 2.11 bits per heavy atom. The number of methoxy groups -OCH3 is 1. The van der Waals surface area contributed by atoms with E-state index in [0.29, 0.717) is 24.6 Å². The number of hydrogen-bond donors (Lipinski definition) is 1. The standard InChI is InChI=1S/C19H26N4O3.ClH/c1-13(20)16-5-3-4-12-23(16)18(24)11-10-17-21-19(22-26-17)14-6-8-15(25-2)9-7-14;/h6-9,13,16H,3-5,10-12,20H2,1-2H3;1H. The van der Waals surface area contributed by atoms with Crippen molar-refractivity contribution in [3.05, 3.63) is 30.2 Å². The van der Waals surface area contributed by atoms with E-state index in [0.717, 1.165) is 37.1 Å². The molecule has 1 aliphatic heterocycles. The van der Waals surface area contributed by atoms with Crippen LogP contribution in [-0.2, 0) is 11.2 Å². The van der Waals surface area contributed by atoms with Crippen molar-refractivity contribution >= 4 is 18.3 Å². The zero-order chi connectivity index (χ0) is 18.5. The van der Waals surface area contributed by atoms with Gasteiger partial charge in [-0.1, -0.05) is 5.16 Å². The van der Waals surface area contributed by atoms with Gasteiger partial charge in [-0.25, -0.2) is 0 Å². The Kier molecular flexibility index (Phi) is 7.62. The molecule has 2 aromatic rings. The molecule has 1 amide bonds. The summed E-state index contributed by atoms with van der Waals surface area (Å²) in [6.45, 7) is 2.75. The van der Waals surface area contributed by atoms with E-state index in [4.69, 9.17) is 15.0 Å². The van der Waals surface area contributed by atoms with Crippen LogP contribution in [0.5, 0.6) is 5.75 Å². The molecular weight excluding hydrogens is 368 g/mol. The predicted octanol–water partition coefficient (Wildman–Crippen LogP) is 2.83. The first-order valence-corrected chi connectivity index (χ1v) is 9.10. The van der Waals surface area contributed by atoms with Gasteiger partial charge in [-0.3, -0.25) is 4.79 Å². The average Bonchev–Trinajstić information content (AvgIpc) is 3.15. The summed E-state index contributed by atoms with van der Waals surface area (Å²) in [6.07, 6.45) is 3.94. The van der Waals surface area contributed by atoms with Crippen molar-refractivity contribution < 1.29 is 14.1 Å². The number of hydrogen-bond acceptors (Lipinski definition) is 6. The normalized spacial score (nSPS) is 17.9. The van der Waals surface area contributed by atoms with Crippen molar-refractivity contribution in [2.24, 2.45) is 5.73 Å². The van der Waals surface area contributed by atoms with E-state index in [1.807, 2.05) is 36.1 Å². The summed E-state index contributed by atoms with van der Waals surface area (Å²) in [4.78, 5) is 18.9. The lowest BCUT2D eigenvalue weighted by Gasteiger charge is -2.38. The molecule has 2 heterocycles. The van der Waals surface area contributed by atoms with Gasteiger partial charge in [-0.15, -0.1) is 12.4 Å². The van der Waals surface area contributed by atoms with Crippen LogP contribution in [0.2, 0.25) is 0 Å². The third kappa shape index (κ3) is 5.20. The first kappa shape index (κ1) is 21.2. The van der Waals surface area contributed by atoms with Crippen molar-refractivity contribution in [3.63, 3.8) is 0 Å². The van der Waals surface area contributed by atoms with E-state index in [1.165, 1.54) is 0 Å². The number of aryl methyl sites for hydroxylation is 1. The molecule has 27 heavy (non-hydrogen) atoms. The molecule has 0 spiro atoms. The molecule has 2 N–H and O–H groups in total. The largest absolute Gasteiger partial charge is 0.497 e. The Morgan fingerprint density at radius 3 is 2.78 bits per heavy atom. The lowest BCUT2D eigenvalue weighted by atomic mass is 9.96. The fourth-order valence-corrected chi connectivity index (χ4v) is 3.38. The molecule has 0 saturated carbocycles. The van der Waals surface area contributed by atoms with Crippen LogP contribution >= 0.6 is 12.4 Å². The molecule has 1 fully saturated rings. The molecule has 3 rings (SSSR count). The molecule has 0 bridgehead atoms. The minimum absolute atomic E-state index is 0. The van der Waals surface area contributed by atoms with E-state index in [9.17, 15) is 4.79 Å². The molecule has 0 radical (unpaired) electrons. The van der Waals surface area contributed by atoms with Gasteiger partial charge in [-0.2, -0.15) is 4.98 Å². The highest BCUT2D eigenvalue weighted by molar-refractivity contribution is 5.85.